The molecule has 0 bridgehead atoms. The van der Waals surface area contributed by atoms with Gasteiger partial charge in [0.15, 0.2) is 11.5 Å². The van der Waals surface area contributed by atoms with E-state index in [2.05, 4.69) is 0 Å². The minimum Gasteiger partial charge on any atom is -0.493 e. The molecule has 0 unspecified atom stereocenters. The van der Waals surface area contributed by atoms with E-state index >= 15 is 0 Å². The molecule has 0 saturated carbocycles. The van der Waals surface area contributed by atoms with Crippen LogP contribution in [0, 0.1) is 0 Å². The van der Waals surface area contributed by atoms with E-state index in [0.717, 1.165) is 24.6 Å². The van der Waals surface area contributed by atoms with Gasteiger partial charge in [-0.3, -0.25) is 0 Å². The first-order chi connectivity index (χ1) is 7.90. The summed E-state index contributed by atoms with van der Waals surface area (Å²) in [6.07, 6.45) is 5.06. The summed E-state index contributed by atoms with van der Waals surface area (Å²) in [5, 5.41) is 2.05. The van der Waals surface area contributed by atoms with Gasteiger partial charge < -0.3 is 9.57 Å². The average molecular weight is 221 g/mol. The number of rotatable bonds is 3. The third kappa shape index (κ3) is 2.89. The summed E-state index contributed by atoms with van der Waals surface area (Å²) >= 11 is 0. The van der Waals surface area contributed by atoms with E-state index in [1.54, 1.807) is 7.11 Å². The molecule has 0 spiro atoms. The highest BCUT2D eigenvalue weighted by molar-refractivity contribution is 5.39. The maximum atomic E-state index is 5.87. The van der Waals surface area contributed by atoms with Crippen molar-refractivity contribution in [2.45, 2.75) is 25.7 Å². The van der Waals surface area contributed by atoms with Gasteiger partial charge in [0.2, 0.25) is 0 Å². The molecule has 1 saturated heterocycles. The molecule has 0 radical (unpaired) electrons. The van der Waals surface area contributed by atoms with Crippen LogP contribution in [0.5, 0.6) is 11.5 Å². The number of hydrogen-bond donors (Lipinski definition) is 0. The van der Waals surface area contributed by atoms with Gasteiger partial charge in [-0.2, -0.15) is 0 Å². The molecule has 0 atom stereocenters. The van der Waals surface area contributed by atoms with Crippen LogP contribution in [0.4, 0.5) is 0 Å². The molecule has 1 aliphatic heterocycles. The van der Waals surface area contributed by atoms with E-state index in [1.807, 2.05) is 29.3 Å². The summed E-state index contributed by atoms with van der Waals surface area (Å²) in [7, 11) is 1.67. The molecule has 3 heteroatoms. The van der Waals surface area contributed by atoms with Crippen molar-refractivity contribution in [2.75, 3.05) is 20.2 Å². The predicted octanol–water partition coefficient (Wildman–Crippen LogP) is 2.87. The number of nitrogens with zero attached hydrogens (tertiary/aromatic N) is 1. The highest BCUT2D eigenvalue weighted by atomic mass is 16.7. The topological polar surface area (TPSA) is 21.7 Å². The molecule has 88 valence electrons. The predicted molar refractivity (Wildman–Crippen MR) is 63.7 cm³/mol. The van der Waals surface area contributed by atoms with E-state index in [0.29, 0.717) is 0 Å². The van der Waals surface area contributed by atoms with Crippen LogP contribution in [-0.2, 0) is 0 Å². The van der Waals surface area contributed by atoms with Crippen LogP contribution in [0.15, 0.2) is 24.3 Å². The molecular formula is C13H19NO2. The largest absolute Gasteiger partial charge is 0.493 e. The Labute approximate surface area is 96.9 Å². The monoisotopic (exact) mass is 221 g/mol. The van der Waals surface area contributed by atoms with Crippen LogP contribution in [0.25, 0.3) is 0 Å². The van der Waals surface area contributed by atoms with Gasteiger partial charge in [0.1, 0.15) is 0 Å². The molecule has 1 heterocycles. The van der Waals surface area contributed by atoms with Crippen molar-refractivity contribution in [1.29, 1.82) is 0 Å². The molecule has 0 N–H and O–H groups in total. The Hall–Kier alpha value is -1.22. The van der Waals surface area contributed by atoms with Crippen molar-refractivity contribution in [3.8, 4) is 11.5 Å². The smallest absolute Gasteiger partial charge is 0.189 e. The second kappa shape index (κ2) is 5.75. The van der Waals surface area contributed by atoms with Crippen LogP contribution in [0.2, 0.25) is 0 Å². The molecule has 1 fully saturated rings. The minimum absolute atomic E-state index is 0.798. The second-order valence-electron chi connectivity index (χ2n) is 4.09. The summed E-state index contributed by atoms with van der Waals surface area (Å²) in [5.74, 6) is 1.61. The zero-order chi connectivity index (χ0) is 11.2. The number of ether oxygens (including phenoxy) is 1. The molecule has 0 amide bonds. The number of para-hydroxylation sites is 2. The summed E-state index contributed by atoms with van der Waals surface area (Å²) in [4.78, 5) is 5.87. The van der Waals surface area contributed by atoms with Crippen molar-refractivity contribution in [1.82, 2.24) is 5.06 Å². The van der Waals surface area contributed by atoms with Crippen molar-refractivity contribution >= 4 is 0 Å². The fourth-order valence-electron chi connectivity index (χ4n) is 1.97. The van der Waals surface area contributed by atoms with E-state index in [4.69, 9.17) is 9.57 Å². The lowest BCUT2D eigenvalue weighted by atomic mass is 10.2. The molecule has 1 aromatic carbocycles. The molecular weight excluding hydrogens is 202 g/mol. The van der Waals surface area contributed by atoms with E-state index < -0.39 is 0 Å². The maximum absolute atomic E-state index is 5.87. The molecule has 3 nitrogen and oxygen atoms in total. The van der Waals surface area contributed by atoms with Crippen molar-refractivity contribution in [3.63, 3.8) is 0 Å². The third-order valence-electron chi connectivity index (χ3n) is 2.86. The average Bonchev–Trinajstić information content (AvgIpc) is 2.58. The van der Waals surface area contributed by atoms with Crippen molar-refractivity contribution in [2.24, 2.45) is 0 Å². The maximum Gasteiger partial charge on any atom is 0.189 e. The van der Waals surface area contributed by atoms with Gasteiger partial charge in [-0.05, 0) is 25.0 Å². The first-order valence-electron chi connectivity index (χ1n) is 5.96. The van der Waals surface area contributed by atoms with Gasteiger partial charge in [0, 0.05) is 13.1 Å². The Morgan fingerprint density at radius 2 is 1.56 bits per heavy atom. The SMILES string of the molecule is COc1ccccc1ON1CCCCCC1. The highest BCUT2D eigenvalue weighted by Crippen LogP contribution is 2.27. The molecule has 1 aromatic rings. The van der Waals surface area contributed by atoms with Crippen LogP contribution >= 0.6 is 0 Å². The summed E-state index contributed by atoms with van der Waals surface area (Å²) < 4.78 is 5.27. The standard InChI is InChI=1S/C13H19NO2/c1-15-12-8-4-5-9-13(12)16-14-10-6-2-3-7-11-14/h4-5,8-9H,2-3,6-7,10-11H2,1H3. The van der Waals surface area contributed by atoms with Gasteiger partial charge >= 0.3 is 0 Å². The molecule has 2 rings (SSSR count). The van der Waals surface area contributed by atoms with Gasteiger partial charge in [-0.1, -0.05) is 25.0 Å². The molecule has 0 aromatic heterocycles. The Kier molecular flexibility index (Phi) is 4.05. The summed E-state index contributed by atoms with van der Waals surface area (Å²) in [6.45, 7) is 2.02. The Balaban J connectivity index is 2.01. The number of methoxy groups -OCH3 is 1. The molecule has 1 aliphatic rings. The lowest BCUT2D eigenvalue weighted by Crippen LogP contribution is -2.28. The van der Waals surface area contributed by atoms with Crippen LogP contribution in [-0.4, -0.2) is 25.3 Å². The second-order valence-corrected chi connectivity index (χ2v) is 4.09. The molecule has 16 heavy (non-hydrogen) atoms. The van der Waals surface area contributed by atoms with Crippen molar-refractivity contribution < 1.29 is 9.57 Å². The summed E-state index contributed by atoms with van der Waals surface area (Å²) in [6, 6.07) is 7.79. The van der Waals surface area contributed by atoms with E-state index in [9.17, 15) is 0 Å². The third-order valence-corrected chi connectivity index (χ3v) is 2.86. The van der Waals surface area contributed by atoms with Crippen LogP contribution < -0.4 is 9.57 Å². The lowest BCUT2D eigenvalue weighted by molar-refractivity contribution is -0.0568. The first-order valence-corrected chi connectivity index (χ1v) is 5.96. The molecule has 0 aliphatic carbocycles. The van der Waals surface area contributed by atoms with Crippen molar-refractivity contribution in [3.05, 3.63) is 24.3 Å². The highest BCUT2D eigenvalue weighted by Gasteiger charge is 2.12. The number of hydrogen-bond acceptors (Lipinski definition) is 3. The minimum atomic E-state index is 0.798. The van der Waals surface area contributed by atoms with E-state index in [-0.39, 0.29) is 0 Å². The normalized spacial score (nSPS) is 17.8. The van der Waals surface area contributed by atoms with Crippen LogP contribution in [0.3, 0.4) is 0 Å². The van der Waals surface area contributed by atoms with Crippen LogP contribution in [0.1, 0.15) is 25.7 Å². The van der Waals surface area contributed by atoms with Gasteiger partial charge in [-0.25, -0.2) is 0 Å². The van der Waals surface area contributed by atoms with E-state index in [1.165, 1.54) is 25.7 Å². The Morgan fingerprint density at radius 3 is 2.19 bits per heavy atom. The fraction of sp³-hybridized carbons (Fsp3) is 0.538. The number of benzene rings is 1. The lowest BCUT2D eigenvalue weighted by Gasteiger charge is -2.21. The Bertz CT molecular complexity index is 319. The first kappa shape index (κ1) is 11.3. The quantitative estimate of drug-likeness (QED) is 0.783. The summed E-state index contributed by atoms with van der Waals surface area (Å²) in [5.41, 5.74) is 0. The van der Waals surface area contributed by atoms with Gasteiger partial charge in [-0.15, -0.1) is 5.06 Å². The zero-order valence-electron chi connectivity index (χ0n) is 9.82. The zero-order valence-corrected chi connectivity index (χ0v) is 9.82. The fourth-order valence-corrected chi connectivity index (χ4v) is 1.97. The van der Waals surface area contributed by atoms with Gasteiger partial charge in [0.05, 0.1) is 7.11 Å². The van der Waals surface area contributed by atoms with Gasteiger partial charge in [0.25, 0.3) is 0 Å². The number of hydroxylamine groups is 2. The Morgan fingerprint density at radius 1 is 0.938 bits per heavy atom.